The van der Waals surface area contributed by atoms with Gasteiger partial charge < -0.3 is 0 Å². The Morgan fingerprint density at radius 3 is 2.62 bits per heavy atom. The van der Waals surface area contributed by atoms with Crippen LogP contribution in [0.3, 0.4) is 0 Å². The van der Waals surface area contributed by atoms with Gasteiger partial charge in [0.25, 0.3) is 5.91 Å². The van der Waals surface area contributed by atoms with E-state index in [0.29, 0.717) is 17.2 Å². The average molecular weight is 290 g/mol. The summed E-state index contributed by atoms with van der Waals surface area (Å²) in [5, 5.41) is 10.3. The smallest absolute Gasteiger partial charge is 0.259 e. The minimum Gasteiger partial charge on any atom is -0.285 e. The number of imide groups is 1. The van der Waals surface area contributed by atoms with E-state index in [-0.39, 0.29) is 12.8 Å². The van der Waals surface area contributed by atoms with Crippen molar-refractivity contribution in [2.45, 2.75) is 38.6 Å². The largest absolute Gasteiger partial charge is 0.285 e. The van der Waals surface area contributed by atoms with Crippen LogP contribution >= 0.6 is 0 Å². The minimum absolute atomic E-state index is 0.163. The molecule has 1 N–H and O–H groups in total. The molecule has 0 unspecified atom stereocenters. The molecule has 0 saturated carbocycles. The molecule has 2 rings (SSSR count). The Morgan fingerprint density at radius 2 is 2.00 bits per heavy atom. The van der Waals surface area contributed by atoms with E-state index in [0.717, 1.165) is 11.3 Å². The number of hydroxylamine groups is 2. The van der Waals surface area contributed by atoms with Crippen LogP contribution in [0.5, 0.6) is 0 Å². The van der Waals surface area contributed by atoms with Gasteiger partial charge in [-0.15, -0.1) is 0 Å². The maximum Gasteiger partial charge on any atom is 0.259 e. The number of unbranched alkanes of at least 4 members (excludes halogenated alkanes) is 1. The van der Waals surface area contributed by atoms with Gasteiger partial charge in [0.05, 0.1) is 12.1 Å². The van der Waals surface area contributed by atoms with E-state index in [1.54, 1.807) is 30.3 Å². The molecular weight excluding hydrogens is 272 g/mol. The quantitative estimate of drug-likeness (QED) is 0.509. The molecule has 0 aliphatic carbocycles. The fourth-order valence-corrected chi connectivity index (χ4v) is 2.27. The van der Waals surface area contributed by atoms with Crippen LogP contribution in [0.1, 0.15) is 32.6 Å². The molecule has 0 spiro atoms. The van der Waals surface area contributed by atoms with Crippen LogP contribution in [0.15, 0.2) is 30.3 Å². The summed E-state index contributed by atoms with van der Waals surface area (Å²) in [6, 6.07) is 7.36. The third-order valence-corrected chi connectivity index (χ3v) is 3.43. The average Bonchev–Trinajstić information content (AvgIpc) is 2.79. The molecule has 1 aliphatic rings. The normalized spacial score (nSPS) is 18.2. The second-order valence-corrected chi connectivity index (χ2v) is 4.96. The summed E-state index contributed by atoms with van der Waals surface area (Å²) in [5.41, 5.74) is 0.449. The number of anilines is 1. The molecule has 3 amide bonds. The van der Waals surface area contributed by atoms with E-state index in [9.17, 15) is 19.6 Å². The van der Waals surface area contributed by atoms with Crippen molar-refractivity contribution in [2.24, 2.45) is 0 Å². The summed E-state index contributed by atoms with van der Waals surface area (Å²) in [4.78, 5) is 37.1. The van der Waals surface area contributed by atoms with Gasteiger partial charge in [0, 0.05) is 6.42 Å². The number of hydrogen-bond donors (Lipinski definition) is 1. The summed E-state index contributed by atoms with van der Waals surface area (Å²) in [6.07, 6.45) is 1.42. The lowest BCUT2D eigenvalue weighted by atomic mass is 10.2. The first-order valence-corrected chi connectivity index (χ1v) is 6.99. The van der Waals surface area contributed by atoms with Crippen molar-refractivity contribution in [1.29, 1.82) is 0 Å². The number of nitrogens with zero attached hydrogens (tertiary/aromatic N) is 2. The third-order valence-electron chi connectivity index (χ3n) is 3.43. The zero-order valence-corrected chi connectivity index (χ0v) is 11.9. The van der Waals surface area contributed by atoms with Crippen LogP contribution < -0.4 is 4.90 Å². The van der Waals surface area contributed by atoms with Crippen molar-refractivity contribution in [2.75, 3.05) is 4.90 Å². The lowest BCUT2D eigenvalue weighted by Crippen LogP contribution is -2.43. The molecule has 21 heavy (non-hydrogen) atoms. The predicted molar refractivity (Wildman–Crippen MR) is 75.5 cm³/mol. The maximum atomic E-state index is 12.3. The number of rotatable bonds is 5. The molecule has 0 radical (unpaired) electrons. The highest BCUT2D eigenvalue weighted by atomic mass is 16.5. The van der Waals surface area contributed by atoms with E-state index >= 15 is 0 Å². The van der Waals surface area contributed by atoms with Crippen LogP contribution in [0, 0.1) is 0 Å². The molecule has 1 heterocycles. The highest BCUT2D eigenvalue weighted by molar-refractivity contribution is 6.22. The first-order chi connectivity index (χ1) is 10.1. The van der Waals surface area contributed by atoms with Crippen LogP contribution in [-0.2, 0) is 14.4 Å². The fourth-order valence-electron chi connectivity index (χ4n) is 2.27. The number of hydrogen-bond acceptors (Lipinski definition) is 4. The van der Waals surface area contributed by atoms with Crippen molar-refractivity contribution in [3.8, 4) is 0 Å². The van der Waals surface area contributed by atoms with Gasteiger partial charge >= 0.3 is 0 Å². The zero-order valence-electron chi connectivity index (χ0n) is 11.9. The van der Waals surface area contributed by atoms with Crippen molar-refractivity contribution < 1.29 is 19.6 Å². The monoisotopic (exact) mass is 290 g/mol. The standard InChI is InChI=1S/C15H18N2O4/c1-2-3-9-13(18)17(21)12-10-14(19)16(15(12)20)11-7-5-4-6-8-11/h4-8,12,21H,2-3,9-10H2,1H3/t12-/m0/s1. The lowest BCUT2D eigenvalue weighted by molar-refractivity contribution is -0.177. The topological polar surface area (TPSA) is 77.9 Å². The molecule has 1 aliphatic heterocycles. The van der Waals surface area contributed by atoms with Crippen molar-refractivity contribution >= 4 is 23.4 Å². The van der Waals surface area contributed by atoms with Crippen molar-refractivity contribution in [1.82, 2.24) is 5.06 Å². The molecule has 1 fully saturated rings. The first-order valence-electron chi connectivity index (χ1n) is 6.99. The van der Waals surface area contributed by atoms with E-state index in [2.05, 4.69) is 0 Å². The Balaban J connectivity index is 2.13. The number of carbonyl (C=O) groups is 3. The molecule has 1 atom stereocenters. The Labute approximate surface area is 122 Å². The number of benzene rings is 1. The summed E-state index contributed by atoms with van der Waals surface area (Å²) >= 11 is 0. The van der Waals surface area contributed by atoms with Crippen molar-refractivity contribution in [3.05, 3.63) is 30.3 Å². The Hall–Kier alpha value is -2.21. The van der Waals surface area contributed by atoms with Crippen molar-refractivity contribution in [3.63, 3.8) is 0 Å². The van der Waals surface area contributed by atoms with E-state index in [1.165, 1.54) is 0 Å². The van der Waals surface area contributed by atoms with Gasteiger partial charge in [0.15, 0.2) is 0 Å². The second kappa shape index (κ2) is 6.49. The molecular formula is C15H18N2O4. The number of para-hydroxylation sites is 1. The molecule has 6 nitrogen and oxygen atoms in total. The van der Waals surface area contributed by atoms with E-state index < -0.39 is 23.8 Å². The lowest BCUT2D eigenvalue weighted by Gasteiger charge is -2.21. The molecule has 1 aromatic rings. The Kier molecular flexibility index (Phi) is 4.70. The Morgan fingerprint density at radius 1 is 1.33 bits per heavy atom. The maximum absolute atomic E-state index is 12.3. The van der Waals surface area contributed by atoms with Crippen LogP contribution in [0.25, 0.3) is 0 Å². The van der Waals surface area contributed by atoms with Crippen LogP contribution in [0.4, 0.5) is 5.69 Å². The zero-order chi connectivity index (χ0) is 15.4. The molecule has 0 bridgehead atoms. The minimum atomic E-state index is -1.12. The second-order valence-electron chi connectivity index (χ2n) is 4.96. The summed E-state index contributed by atoms with van der Waals surface area (Å²) < 4.78 is 0. The van der Waals surface area contributed by atoms with E-state index in [4.69, 9.17) is 0 Å². The Bertz CT molecular complexity index is 544. The molecule has 112 valence electrons. The molecule has 0 aromatic heterocycles. The van der Waals surface area contributed by atoms with Gasteiger partial charge in [-0.05, 0) is 18.6 Å². The molecule has 1 saturated heterocycles. The van der Waals surface area contributed by atoms with Gasteiger partial charge in [0.1, 0.15) is 6.04 Å². The van der Waals surface area contributed by atoms with Crippen LogP contribution in [-0.4, -0.2) is 34.0 Å². The SMILES string of the molecule is CCCCC(=O)N(O)[C@H]1CC(=O)N(c2ccccc2)C1=O. The first kappa shape index (κ1) is 15.2. The van der Waals surface area contributed by atoms with Gasteiger partial charge in [-0.25, -0.2) is 9.96 Å². The summed E-state index contributed by atoms with van der Waals surface area (Å²) in [7, 11) is 0. The third kappa shape index (κ3) is 3.11. The van der Waals surface area contributed by atoms with E-state index in [1.807, 2.05) is 6.92 Å². The fraction of sp³-hybridized carbons (Fsp3) is 0.400. The van der Waals surface area contributed by atoms with Gasteiger partial charge in [-0.3, -0.25) is 19.6 Å². The summed E-state index contributed by atoms with van der Waals surface area (Å²) in [5.74, 6) is -1.52. The highest BCUT2D eigenvalue weighted by Gasteiger charge is 2.44. The predicted octanol–water partition coefficient (Wildman–Crippen LogP) is 1.73. The summed E-state index contributed by atoms with van der Waals surface area (Å²) in [6.45, 7) is 1.93. The number of amides is 3. The van der Waals surface area contributed by atoms with Gasteiger partial charge in [-0.1, -0.05) is 31.5 Å². The number of carbonyl (C=O) groups excluding carboxylic acids is 3. The van der Waals surface area contributed by atoms with Crippen LogP contribution in [0.2, 0.25) is 0 Å². The van der Waals surface area contributed by atoms with Gasteiger partial charge in [-0.2, -0.15) is 0 Å². The molecule has 1 aromatic carbocycles. The van der Waals surface area contributed by atoms with Gasteiger partial charge in [0.2, 0.25) is 11.8 Å². The highest BCUT2D eigenvalue weighted by Crippen LogP contribution is 2.25. The molecule has 6 heteroatoms.